The highest BCUT2D eigenvalue weighted by Crippen LogP contribution is 2.13. The van der Waals surface area contributed by atoms with Crippen LogP contribution in [0.4, 0.5) is 10.5 Å². The molecule has 0 radical (unpaired) electrons. The van der Waals surface area contributed by atoms with Crippen LogP contribution in [0.15, 0.2) is 54.6 Å². The second-order valence-electron chi connectivity index (χ2n) is 4.78. The lowest BCUT2D eigenvalue weighted by molar-refractivity contribution is 0.249. The third kappa shape index (κ3) is 3.85. The quantitative estimate of drug-likeness (QED) is 0.860. The van der Waals surface area contributed by atoms with Crippen molar-refractivity contribution >= 4 is 11.7 Å². The Bertz CT molecular complexity index is 566. The number of aryl methyl sites for hydroxylation is 1. The van der Waals surface area contributed by atoms with Crippen molar-refractivity contribution < 1.29 is 4.79 Å². The van der Waals surface area contributed by atoms with Gasteiger partial charge in [-0.25, -0.2) is 4.79 Å². The Morgan fingerprint density at radius 2 is 1.85 bits per heavy atom. The Morgan fingerprint density at radius 3 is 2.55 bits per heavy atom. The highest BCUT2D eigenvalue weighted by molar-refractivity contribution is 5.89. The summed E-state index contributed by atoms with van der Waals surface area (Å²) in [5.74, 6) is 0. The van der Waals surface area contributed by atoms with E-state index in [4.69, 9.17) is 0 Å². The van der Waals surface area contributed by atoms with Gasteiger partial charge >= 0.3 is 6.03 Å². The summed E-state index contributed by atoms with van der Waals surface area (Å²) in [4.78, 5) is 12.0. The number of hydrogen-bond acceptors (Lipinski definition) is 1. The molecule has 3 heteroatoms. The average Bonchev–Trinajstić information content (AvgIpc) is 2.48. The lowest BCUT2D eigenvalue weighted by atomic mass is 10.1. The van der Waals surface area contributed by atoms with E-state index in [0.717, 1.165) is 17.7 Å². The van der Waals surface area contributed by atoms with Gasteiger partial charge in [-0.1, -0.05) is 49.4 Å². The molecule has 2 aromatic rings. The fraction of sp³-hybridized carbons (Fsp3) is 0.235. The Labute approximate surface area is 120 Å². The van der Waals surface area contributed by atoms with Crippen molar-refractivity contribution in [3.63, 3.8) is 0 Å². The molecule has 0 bridgehead atoms. The maximum Gasteiger partial charge on any atom is 0.319 e. The van der Waals surface area contributed by atoms with Crippen LogP contribution in [0.3, 0.4) is 0 Å². The minimum Gasteiger partial charge on any atom is -0.331 e. The molecule has 0 aliphatic heterocycles. The highest BCUT2D eigenvalue weighted by atomic mass is 16.2. The molecule has 2 N–H and O–H groups in total. The van der Waals surface area contributed by atoms with Crippen molar-refractivity contribution in [3.8, 4) is 0 Å². The molecule has 2 rings (SSSR count). The maximum absolute atomic E-state index is 12.0. The van der Waals surface area contributed by atoms with Gasteiger partial charge in [-0.05, 0) is 36.6 Å². The standard InChI is InChI=1S/C17H20N2O/c1-3-14-8-7-11-16(12-14)19-17(20)18-13(2)15-9-5-4-6-10-15/h4-13H,3H2,1-2H3,(H2,18,19,20)/t13-/m1/s1. The average molecular weight is 268 g/mol. The van der Waals surface area contributed by atoms with Crippen molar-refractivity contribution in [1.29, 1.82) is 0 Å². The molecule has 3 nitrogen and oxygen atoms in total. The first-order valence-corrected chi connectivity index (χ1v) is 6.90. The molecule has 2 aromatic carbocycles. The first kappa shape index (κ1) is 14.1. The molecule has 0 unspecified atom stereocenters. The third-order valence-electron chi connectivity index (χ3n) is 3.24. The van der Waals surface area contributed by atoms with Crippen LogP contribution in [0.1, 0.15) is 31.0 Å². The van der Waals surface area contributed by atoms with Crippen molar-refractivity contribution in [1.82, 2.24) is 5.32 Å². The number of benzene rings is 2. The molecule has 0 aliphatic carbocycles. The largest absolute Gasteiger partial charge is 0.331 e. The minimum absolute atomic E-state index is 0.0226. The summed E-state index contributed by atoms with van der Waals surface area (Å²) in [6, 6.07) is 17.6. The van der Waals surface area contributed by atoms with Gasteiger partial charge in [-0.3, -0.25) is 0 Å². The summed E-state index contributed by atoms with van der Waals surface area (Å²) in [7, 11) is 0. The van der Waals surface area contributed by atoms with E-state index >= 15 is 0 Å². The summed E-state index contributed by atoms with van der Waals surface area (Å²) in [6.07, 6.45) is 0.956. The number of nitrogens with one attached hydrogen (secondary N) is 2. The molecule has 0 saturated heterocycles. The van der Waals surface area contributed by atoms with Gasteiger partial charge in [0.1, 0.15) is 0 Å². The Kier molecular flexibility index (Phi) is 4.77. The monoisotopic (exact) mass is 268 g/mol. The van der Waals surface area contributed by atoms with Crippen molar-refractivity contribution in [3.05, 3.63) is 65.7 Å². The lowest BCUT2D eigenvalue weighted by Gasteiger charge is -2.15. The molecule has 104 valence electrons. The van der Waals surface area contributed by atoms with Gasteiger partial charge in [0.05, 0.1) is 6.04 Å². The van der Waals surface area contributed by atoms with Crippen molar-refractivity contribution in [2.75, 3.05) is 5.32 Å². The zero-order valence-corrected chi connectivity index (χ0v) is 11.9. The molecule has 0 spiro atoms. The molecular formula is C17H20N2O. The summed E-state index contributed by atoms with van der Waals surface area (Å²) < 4.78 is 0. The predicted molar refractivity (Wildman–Crippen MR) is 82.8 cm³/mol. The lowest BCUT2D eigenvalue weighted by Crippen LogP contribution is -2.31. The Hall–Kier alpha value is -2.29. The van der Waals surface area contributed by atoms with Crippen LogP contribution in [0.25, 0.3) is 0 Å². The summed E-state index contributed by atoms with van der Waals surface area (Å²) in [6.45, 7) is 4.06. The maximum atomic E-state index is 12.0. The van der Waals surface area contributed by atoms with E-state index < -0.39 is 0 Å². The molecule has 0 saturated carbocycles. The van der Waals surface area contributed by atoms with Crippen LogP contribution in [0.5, 0.6) is 0 Å². The van der Waals surface area contributed by atoms with Crippen LogP contribution >= 0.6 is 0 Å². The van der Waals surface area contributed by atoms with Gasteiger partial charge in [0.25, 0.3) is 0 Å². The third-order valence-corrected chi connectivity index (χ3v) is 3.24. The van der Waals surface area contributed by atoms with E-state index in [1.54, 1.807) is 0 Å². The number of carbonyl (C=O) groups excluding carboxylic acids is 1. The first-order chi connectivity index (χ1) is 9.69. The smallest absolute Gasteiger partial charge is 0.319 e. The SMILES string of the molecule is CCc1cccc(NC(=O)N[C@H](C)c2ccccc2)c1. The number of hydrogen-bond donors (Lipinski definition) is 2. The van der Waals surface area contributed by atoms with Crippen LogP contribution in [-0.4, -0.2) is 6.03 Å². The molecule has 20 heavy (non-hydrogen) atoms. The molecule has 2 amide bonds. The van der Waals surface area contributed by atoms with Gasteiger partial charge in [-0.15, -0.1) is 0 Å². The summed E-state index contributed by atoms with van der Waals surface area (Å²) in [5.41, 5.74) is 3.12. The topological polar surface area (TPSA) is 41.1 Å². The minimum atomic E-state index is -0.186. The molecular weight excluding hydrogens is 248 g/mol. The van der Waals surface area contributed by atoms with Gasteiger partial charge in [0.2, 0.25) is 0 Å². The van der Waals surface area contributed by atoms with Gasteiger partial charge < -0.3 is 10.6 Å². The van der Waals surface area contributed by atoms with E-state index in [1.807, 2.05) is 55.5 Å². The fourth-order valence-corrected chi connectivity index (χ4v) is 2.06. The normalized spacial score (nSPS) is 11.7. The van der Waals surface area contributed by atoms with Gasteiger partial charge in [0.15, 0.2) is 0 Å². The second-order valence-corrected chi connectivity index (χ2v) is 4.78. The van der Waals surface area contributed by atoms with Crippen LogP contribution in [0, 0.1) is 0 Å². The summed E-state index contributed by atoms with van der Waals surface area (Å²) >= 11 is 0. The molecule has 0 aromatic heterocycles. The van der Waals surface area contributed by atoms with Crippen molar-refractivity contribution in [2.45, 2.75) is 26.3 Å². The van der Waals surface area contributed by atoms with Crippen LogP contribution in [-0.2, 0) is 6.42 Å². The first-order valence-electron chi connectivity index (χ1n) is 6.90. The number of anilines is 1. The molecule has 0 aliphatic rings. The molecule has 0 fully saturated rings. The van der Waals surface area contributed by atoms with Gasteiger partial charge in [-0.2, -0.15) is 0 Å². The predicted octanol–water partition coefficient (Wildman–Crippen LogP) is 4.13. The molecule has 0 heterocycles. The van der Waals surface area contributed by atoms with Crippen LogP contribution < -0.4 is 10.6 Å². The highest BCUT2D eigenvalue weighted by Gasteiger charge is 2.09. The van der Waals surface area contributed by atoms with Gasteiger partial charge in [0, 0.05) is 5.69 Å². The van der Waals surface area contributed by atoms with Crippen molar-refractivity contribution in [2.24, 2.45) is 0 Å². The summed E-state index contributed by atoms with van der Waals surface area (Å²) in [5, 5.41) is 5.80. The second kappa shape index (κ2) is 6.75. The van der Waals surface area contributed by atoms with E-state index in [2.05, 4.69) is 23.6 Å². The van der Waals surface area contributed by atoms with E-state index in [9.17, 15) is 4.79 Å². The molecule has 1 atom stereocenters. The van der Waals surface area contributed by atoms with E-state index in [1.165, 1.54) is 5.56 Å². The fourth-order valence-electron chi connectivity index (χ4n) is 2.06. The number of carbonyl (C=O) groups is 1. The Morgan fingerprint density at radius 1 is 1.10 bits per heavy atom. The zero-order valence-electron chi connectivity index (χ0n) is 11.9. The van der Waals surface area contributed by atoms with Crippen LogP contribution in [0.2, 0.25) is 0 Å². The number of urea groups is 1. The van der Waals surface area contributed by atoms with E-state index in [0.29, 0.717) is 0 Å². The number of amides is 2. The number of rotatable bonds is 4. The zero-order chi connectivity index (χ0) is 14.4. The van der Waals surface area contributed by atoms with E-state index in [-0.39, 0.29) is 12.1 Å². The Balaban J connectivity index is 1.95.